The summed E-state index contributed by atoms with van der Waals surface area (Å²) >= 11 is 0. The number of benzene rings is 2. The highest BCUT2D eigenvalue weighted by Gasteiger charge is 2.29. The number of nitrogens with one attached hydrogen (secondary N) is 1. The Labute approximate surface area is 147 Å². The molecule has 0 bridgehead atoms. The predicted octanol–water partition coefficient (Wildman–Crippen LogP) is 5.71. The Hall–Kier alpha value is -2.17. The van der Waals surface area contributed by atoms with Gasteiger partial charge in [-0.1, -0.05) is 31.5 Å². The Kier molecular flexibility index (Phi) is 6.73. The van der Waals surface area contributed by atoms with E-state index in [1.165, 1.54) is 17.7 Å². The fourth-order valence-corrected chi connectivity index (χ4v) is 2.64. The maximum absolute atomic E-state index is 12.6. The Morgan fingerprint density at radius 3 is 2.28 bits per heavy atom. The van der Waals surface area contributed by atoms with E-state index in [0.717, 1.165) is 42.0 Å². The van der Waals surface area contributed by atoms with E-state index < -0.39 is 11.7 Å². The molecule has 2 aromatic rings. The highest BCUT2D eigenvalue weighted by molar-refractivity contribution is 5.52. The first kappa shape index (κ1) is 19.2. The Morgan fingerprint density at radius 1 is 0.960 bits per heavy atom. The van der Waals surface area contributed by atoms with Crippen LogP contribution in [-0.2, 0) is 19.0 Å². The van der Waals surface area contributed by atoms with Gasteiger partial charge in [0.2, 0.25) is 0 Å². The molecule has 2 nitrogen and oxygen atoms in total. The van der Waals surface area contributed by atoms with Crippen molar-refractivity contribution in [3.8, 4) is 5.75 Å². The number of alkyl halides is 3. The molecule has 0 aliphatic rings. The summed E-state index contributed by atoms with van der Waals surface area (Å²) < 4.78 is 43.4. The van der Waals surface area contributed by atoms with Gasteiger partial charge in [0.15, 0.2) is 0 Å². The summed E-state index contributed by atoms with van der Waals surface area (Å²) in [5, 5.41) is 3.30. The van der Waals surface area contributed by atoms with E-state index in [2.05, 4.69) is 18.3 Å². The maximum Gasteiger partial charge on any atom is 0.416 e. The van der Waals surface area contributed by atoms with Gasteiger partial charge in [-0.15, -0.1) is 0 Å². The van der Waals surface area contributed by atoms with Crippen LogP contribution in [0, 0.1) is 0 Å². The molecule has 2 rings (SSSR count). The Morgan fingerprint density at radius 2 is 1.68 bits per heavy atom. The van der Waals surface area contributed by atoms with Crippen LogP contribution < -0.4 is 10.1 Å². The van der Waals surface area contributed by atoms with Crippen LogP contribution in [0.25, 0.3) is 0 Å². The molecule has 136 valence electrons. The van der Waals surface area contributed by atoms with Crippen molar-refractivity contribution in [3.05, 3.63) is 59.2 Å². The van der Waals surface area contributed by atoms with E-state index in [0.29, 0.717) is 19.6 Å². The lowest BCUT2D eigenvalue weighted by molar-refractivity contribution is -0.137. The highest BCUT2D eigenvalue weighted by atomic mass is 19.4. The molecule has 0 unspecified atom stereocenters. The number of hydrogen-bond donors (Lipinski definition) is 1. The number of hydrogen-bond acceptors (Lipinski definition) is 2. The monoisotopic (exact) mass is 351 g/mol. The third kappa shape index (κ3) is 5.69. The first-order chi connectivity index (χ1) is 11.9. The smallest absolute Gasteiger partial charge is 0.416 e. The molecule has 0 fully saturated rings. The van der Waals surface area contributed by atoms with Crippen molar-refractivity contribution in [2.75, 3.05) is 18.5 Å². The quantitative estimate of drug-likeness (QED) is 0.657. The molecule has 0 atom stereocenters. The first-order valence-corrected chi connectivity index (χ1v) is 8.59. The average molecular weight is 351 g/mol. The number of halogens is 3. The number of rotatable bonds is 8. The number of ether oxygens (including phenoxy) is 1. The van der Waals surface area contributed by atoms with Gasteiger partial charge in [-0.05, 0) is 49.1 Å². The van der Waals surface area contributed by atoms with Gasteiger partial charge in [-0.25, -0.2) is 0 Å². The largest absolute Gasteiger partial charge is 0.494 e. The van der Waals surface area contributed by atoms with Crippen molar-refractivity contribution < 1.29 is 17.9 Å². The molecule has 0 aromatic heterocycles. The van der Waals surface area contributed by atoms with Crippen molar-refractivity contribution in [1.82, 2.24) is 0 Å². The second-order valence-electron chi connectivity index (χ2n) is 5.88. The van der Waals surface area contributed by atoms with E-state index in [4.69, 9.17) is 4.74 Å². The highest BCUT2D eigenvalue weighted by Crippen LogP contribution is 2.29. The predicted molar refractivity (Wildman–Crippen MR) is 95.2 cm³/mol. The molecule has 0 spiro atoms. The van der Waals surface area contributed by atoms with Crippen molar-refractivity contribution in [1.29, 1.82) is 0 Å². The fourth-order valence-electron chi connectivity index (χ4n) is 2.64. The van der Waals surface area contributed by atoms with Crippen molar-refractivity contribution >= 4 is 5.69 Å². The molecule has 2 aromatic carbocycles. The lowest BCUT2D eigenvalue weighted by Crippen LogP contribution is -2.07. The van der Waals surface area contributed by atoms with Crippen molar-refractivity contribution in [3.63, 3.8) is 0 Å². The van der Waals surface area contributed by atoms with Crippen LogP contribution in [0.15, 0.2) is 42.5 Å². The summed E-state index contributed by atoms with van der Waals surface area (Å²) in [5.41, 5.74) is 2.40. The zero-order chi connectivity index (χ0) is 18.3. The normalized spacial score (nSPS) is 11.4. The third-order valence-electron chi connectivity index (χ3n) is 3.91. The summed E-state index contributed by atoms with van der Waals surface area (Å²) in [5.74, 6) is 0.892. The molecule has 0 heterocycles. The molecule has 25 heavy (non-hydrogen) atoms. The molecule has 0 saturated heterocycles. The van der Waals surface area contributed by atoms with Crippen molar-refractivity contribution in [2.24, 2.45) is 0 Å². The van der Waals surface area contributed by atoms with Gasteiger partial charge < -0.3 is 10.1 Å². The lowest BCUT2D eigenvalue weighted by atomic mass is 10.1. The van der Waals surface area contributed by atoms with Crippen LogP contribution in [0.1, 0.15) is 37.0 Å². The average Bonchev–Trinajstić information content (AvgIpc) is 2.57. The van der Waals surface area contributed by atoms with Crippen LogP contribution in [0.5, 0.6) is 5.75 Å². The van der Waals surface area contributed by atoms with Crippen molar-refractivity contribution in [2.45, 2.75) is 39.3 Å². The van der Waals surface area contributed by atoms with E-state index in [9.17, 15) is 13.2 Å². The van der Waals surface area contributed by atoms with E-state index in [1.807, 2.05) is 19.1 Å². The molecular formula is C20H24F3NO. The van der Waals surface area contributed by atoms with E-state index >= 15 is 0 Å². The standard InChI is InChI=1S/C20H24F3NO/c1-3-5-16-8-11-18(14-19(16)25-4-2)24-13-12-15-6-9-17(10-7-15)20(21,22)23/h6-11,14,24H,3-5,12-13H2,1-2H3. The van der Waals surface area contributed by atoms with Gasteiger partial charge in [0.25, 0.3) is 0 Å². The summed E-state index contributed by atoms with van der Waals surface area (Å²) in [7, 11) is 0. The summed E-state index contributed by atoms with van der Waals surface area (Å²) in [4.78, 5) is 0. The first-order valence-electron chi connectivity index (χ1n) is 8.59. The minimum atomic E-state index is -4.29. The second kappa shape index (κ2) is 8.79. The molecule has 0 aliphatic carbocycles. The summed E-state index contributed by atoms with van der Waals surface area (Å²) in [6.45, 7) is 5.35. The third-order valence-corrected chi connectivity index (χ3v) is 3.91. The lowest BCUT2D eigenvalue weighted by Gasteiger charge is -2.13. The second-order valence-corrected chi connectivity index (χ2v) is 5.88. The van der Waals surface area contributed by atoms with Crippen LogP contribution >= 0.6 is 0 Å². The topological polar surface area (TPSA) is 21.3 Å². The molecular weight excluding hydrogens is 327 g/mol. The number of aryl methyl sites for hydroxylation is 1. The minimum Gasteiger partial charge on any atom is -0.494 e. The van der Waals surface area contributed by atoms with Gasteiger partial charge in [0, 0.05) is 18.3 Å². The fraction of sp³-hybridized carbons (Fsp3) is 0.400. The number of anilines is 1. The summed E-state index contributed by atoms with van der Waals surface area (Å²) in [6.07, 6.45) is -1.60. The zero-order valence-corrected chi connectivity index (χ0v) is 14.6. The van der Waals surface area contributed by atoms with E-state index in [-0.39, 0.29) is 0 Å². The van der Waals surface area contributed by atoms with Crippen LogP contribution in [0.4, 0.5) is 18.9 Å². The maximum atomic E-state index is 12.6. The molecule has 0 amide bonds. The molecule has 5 heteroatoms. The molecule has 0 saturated carbocycles. The molecule has 0 radical (unpaired) electrons. The van der Waals surface area contributed by atoms with E-state index in [1.54, 1.807) is 0 Å². The van der Waals surface area contributed by atoms with Gasteiger partial charge in [-0.2, -0.15) is 13.2 Å². The van der Waals surface area contributed by atoms with Gasteiger partial charge in [0.1, 0.15) is 5.75 Å². The van der Waals surface area contributed by atoms with Crippen LogP contribution in [0.3, 0.4) is 0 Å². The summed E-state index contributed by atoms with van der Waals surface area (Å²) in [6, 6.07) is 11.4. The minimum absolute atomic E-state index is 0.614. The van der Waals surface area contributed by atoms with Crippen LogP contribution in [0.2, 0.25) is 0 Å². The molecule has 0 aliphatic heterocycles. The van der Waals surface area contributed by atoms with Gasteiger partial charge in [0.05, 0.1) is 12.2 Å². The Bertz CT molecular complexity index is 666. The van der Waals surface area contributed by atoms with Crippen LogP contribution in [-0.4, -0.2) is 13.2 Å². The SMILES string of the molecule is CCCc1ccc(NCCc2ccc(C(F)(F)F)cc2)cc1OCC. The van der Waals surface area contributed by atoms with Gasteiger partial charge >= 0.3 is 6.18 Å². The Balaban J connectivity index is 1.94. The zero-order valence-electron chi connectivity index (χ0n) is 14.6. The van der Waals surface area contributed by atoms with Gasteiger partial charge in [-0.3, -0.25) is 0 Å². The molecule has 1 N–H and O–H groups in total.